The highest BCUT2D eigenvalue weighted by molar-refractivity contribution is 7.26. The summed E-state index contributed by atoms with van der Waals surface area (Å²) in [6, 6.07) is 28.6. The Morgan fingerprint density at radius 3 is 2.25 bits per heavy atom. The molecule has 0 aliphatic carbocycles. The molecule has 4 aromatic carbocycles. The van der Waals surface area contributed by atoms with Crippen LogP contribution in [-0.4, -0.2) is 0 Å². The van der Waals surface area contributed by atoms with E-state index in [2.05, 4.69) is 73.3 Å². The normalized spacial score (nSPS) is 11.6. The van der Waals surface area contributed by atoms with Crippen LogP contribution >= 0.6 is 11.3 Å². The first-order valence-electron chi connectivity index (χ1n) is 10.7. The molecule has 3 heteroatoms. The highest BCUT2D eigenvalue weighted by Gasteiger charge is 2.21. The van der Waals surface area contributed by atoms with E-state index in [1.807, 2.05) is 30.3 Å². The first-order chi connectivity index (χ1) is 15.6. The fraction of sp³-hybridized carbons (Fsp3) is 0.0690. The molecule has 0 bridgehead atoms. The summed E-state index contributed by atoms with van der Waals surface area (Å²) in [6.45, 7) is 2.15. The average molecular weight is 435 g/mol. The van der Waals surface area contributed by atoms with Crippen LogP contribution in [0.2, 0.25) is 0 Å². The van der Waals surface area contributed by atoms with Gasteiger partial charge in [0.2, 0.25) is 5.69 Å². The third kappa shape index (κ3) is 2.85. The van der Waals surface area contributed by atoms with Gasteiger partial charge in [0.05, 0.1) is 5.56 Å². The van der Waals surface area contributed by atoms with Crippen LogP contribution in [0.25, 0.3) is 53.3 Å². The Labute approximate surface area is 190 Å². The van der Waals surface area contributed by atoms with Gasteiger partial charge in [-0.05, 0) is 53.1 Å². The standard InChI is InChI=1S/C29H21FNS/c1-18-10-13-22-23-14-15-24(30)27(21-12-11-19-7-3-4-8-20(19)17-21)29(23)32-28(22)26(18)25-9-5-6-16-31(25)2/h3-17H,1-2H3/q+1. The van der Waals surface area contributed by atoms with Gasteiger partial charge in [0.1, 0.15) is 12.9 Å². The Bertz CT molecular complexity index is 1660. The molecule has 0 saturated heterocycles. The van der Waals surface area contributed by atoms with Gasteiger partial charge < -0.3 is 0 Å². The summed E-state index contributed by atoms with van der Waals surface area (Å²) in [6.07, 6.45) is 2.07. The lowest BCUT2D eigenvalue weighted by atomic mass is 9.97. The first kappa shape index (κ1) is 19.1. The molecule has 0 spiro atoms. The molecule has 6 rings (SSSR count). The van der Waals surface area contributed by atoms with Crippen LogP contribution in [-0.2, 0) is 7.05 Å². The lowest BCUT2D eigenvalue weighted by molar-refractivity contribution is -0.660. The molecule has 2 aromatic heterocycles. The summed E-state index contributed by atoms with van der Waals surface area (Å²) in [5.74, 6) is -0.178. The molecule has 32 heavy (non-hydrogen) atoms. The molecule has 0 radical (unpaired) electrons. The van der Waals surface area contributed by atoms with Crippen LogP contribution < -0.4 is 4.57 Å². The number of benzene rings is 4. The molecule has 0 unspecified atom stereocenters. The second-order valence-corrected chi connectivity index (χ2v) is 9.31. The maximum atomic E-state index is 15.3. The first-order valence-corrected chi connectivity index (χ1v) is 11.5. The molecule has 0 aliphatic heterocycles. The summed E-state index contributed by atoms with van der Waals surface area (Å²) >= 11 is 1.69. The number of thiophene rings is 1. The third-order valence-corrected chi connectivity index (χ3v) is 7.57. The minimum atomic E-state index is -0.178. The van der Waals surface area contributed by atoms with E-state index in [9.17, 15) is 0 Å². The van der Waals surface area contributed by atoms with Gasteiger partial charge in [-0.2, -0.15) is 0 Å². The van der Waals surface area contributed by atoms with Crippen molar-refractivity contribution in [3.63, 3.8) is 0 Å². The van der Waals surface area contributed by atoms with E-state index in [1.54, 1.807) is 17.4 Å². The number of fused-ring (bicyclic) bond motifs is 4. The molecule has 6 aromatic rings. The van der Waals surface area contributed by atoms with E-state index in [1.165, 1.54) is 21.2 Å². The maximum Gasteiger partial charge on any atom is 0.213 e. The van der Waals surface area contributed by atoms with Crippen LogP contribution in [0.3, 0.4) is 0 Å². The minimum absolute atomic E-state index is 0.178. The largest absolute Gasteiger partial charge is 0.213 e. The zero-order valence-corrected chi connectivity index (χ0v) is 18.7. The van der Waals surface area contributed by atoms with Crippen molar-refractivity contribution in [1.82, 2.24) is 0 Å². The Kier molecular flexibility index (Phi) is 4.34. The second-order valence-electron chi connectivity index (χ2n) is 8.29. The van der Waals surface area contributed by atoms with Gasteiger partial charge in [-0.3, -0.25) is 0 Å². The van der Waals surface area contributed by atoms with Crippen molar-refractivity contribution < 1.29 is 8.96 Å². The Morgan fingerprint density at radius 1 is 0.719 bits per heavy atom. The summed E-state index contributed by atoms with van der Waals surface area (Å²) in [5, 5.41) is 4.57. The Balaban J connectivity index is 1.70. The molecule has 0 saturated carbocycles. The van der Waals surface area contributed by atoms with E-state index >= 15 is 4.39 Å². The fourth-order valence-electron chi connectivity index (χ4n) is 4.69. The van der Waals surface area contributed by atoms with Crippen LogP contribution in [0, 0.1) is 12.7 Å². The van der Waals surface area contributed by atoms with Crippen molar-refractivity contribution in [3.8, 4) is 22.4 Å². The highest BCUT2D eigenvalue weighted by Crippen LogP contribution is 2.45. The van der Waals surface area contributed by atoms with Crippen molar-refractivity contribution in [2.45, 2.75) is 6.92 Å². The van der Waals surface area contributed by atoms with Gasteiger partial charge in [0.25, 0.3) is 0 Å². The highest BCUT2D eigenvalue weighted by atomic mass is 32.1. The van der Waals surface area contributed by atoms with Crippen molar-refractivity contribution in [3.05, 3.63) is 103 Å². The quantitative estimate of drug-likeness (QED) is 0.245. The van der Waals surface area contributed by atoms with Crippen molar-refractivity contribution in [2.75, 3.05) is 0 Å². The van der Waals surface area contributed by atoms with Crippen molar-refractivity contribution >= 4 is 42.3 Å². The molecule has 1 nitrogen and oxygen atoms in total. The molecule has 0 aliphatic rings. The Morgan fingerprint density at radius 2 is 1.44 bits per heavy atom. The van der Waals surface area contributed by atoms with Gasteiger partial charge in [-0.25, -0.2) is 8.96 Å². The van der Waals surface area contributed by atoms with Gasteiger partial charge in [-0.15, -0.1) is 11.3 Å². The smallest absolute Gasteiger partial charge is 0.206 e. The topological polar surface area (TPSA) is 3.88 Å². The van der Waals surface area contributed by atoms with Crippen LogP contribution in [0.1, 0.15) is 5.56 Å². The number of halogens is 1. The molecule has 0 N–H and O–H groups in total. The number of rotatable bonds is 2. The molecule has 0 amide bonds. The van der Waals surface area contributed by atoms with E-state index in [-0.39, 0.29) is 5.82 Å². The van der Waals surface area contributed by atoms with Gasteiger partial charge in [-0.1, -0.05) is 48.5 Å². The number of pyridine rings is 1. The van der Waals surface area contributed by atoms with Crippen molar-refractivity contribution in [2.24, 2.45) is 7.05 Å². The molecule has 154 valence electrons. The van der Waals surface area contributed by atoms with Crippen LogP contribution in [0.5, 0.6) is 0 Å². The molecule has 0 atom stereocenters. The predicted molar refractivity (Wildman–Crippen MR) is 134 cm³/mol. The SMILES string of the molecule is Cc1ccc2c(sc3c(-c4ccc5ccccc5c4)c(F)ccc32)c1-c1cccc[n+]1C. The van der Waals surface area contributed by atoms with Crippen LogP contribution in [0.4, 0.5) is 4.39 Å². The predicted octanol–water partition coefficient (Wildman–Crippen LogP) is 7.81. The lowest BCUT2D eigenvalue weighted by Crippen LogP contribution is -2.30. The summed E-state index contributed by atoms with van der Waals surface area (Å²) in [4.78, 5) is 0. The molecule has 2 heterocycles. The van der Waals surface area contributed by atoms with Crippen molar-refractivity contribution in [1.29, 1.82) is 0 Å². The van der Waals surface area contributed by atoms with Crippen LogP contribution in [0.15, 0.2) is 91.1 Å². The van der Waals surface area contributed by atoms with E-state index < -0.39 is 0 Å². The second kappa shape index (κ2) is 7.25. The summed E-state index contributed by atoms with van der Waals surface area (Å²) < 4.78 is 19.7. The minimum Gasteiger partial charge on any atom is -0.206 e. The zero-order valence-electron chi connectivity index (χ0n) is 17.9. The van der Waals surface area contributed by atoms with Gasteiger partial charge in [0.15, 0.2) is 6.20 Å². The number of hydrogen-bond acceptors (Lipinski definition) is 1. The summed E-state index contributed by atoms with van der Waals surface area (Å²) in [7, 11) is 2.07. The lowest BCUT2D eigenvalue weighted by Gasteiger charge is -2.07. The van der Waals surface area contributed by atoms with E-state index in [4.69, 9.17) is 0 Å². The monoisotopic (exact) mass is 434 g/mol. The fourth-order valence-corrected chi connectivity index (χ4v) is 6.16. The molecular weight excluding hydrogens is 413 g/mol. The third-order valence-electron chi connectivity index (χ3n) is 6.32. The van der Waals surface area contributed by atoms with Gasteiger partial charge in [0, 0.05) is 37.9 Å². The average Bonchev–Trinajstić information content (AvgIpc) is 3.17. The maximum absolute atomic E-state index is 15.3. The van der Waals surface area contributed by atoms with E-state index in [0.29, 0.717) is 5.56 Å². The molecule has 0 fully saturated rings. The number of aryl methyl sites for hydroxylation is 2. The number of aromatic nitrogens is 1. The summed E-state index contributed by atoms with van der Waals surface area (Å²) in [5.41, 5.74) is 5.21. The number of hydrogen-bond donors (Lipinski definition) is 0. The Hall–Kier alpha value is -3.56. The number of nitrogens with zero attached hydrogens (tertiary/aromatic N) is 1. The molecular formula is C29H21FNS+. The van der Waals surface area contributed by atoms with E-state index in [0.717, 1.165) is 32.1 Å². The zero-order chi connectivity index (χ0) is 21.8. The van der Waals surface area contributed by atoms with Gasteiger partial charge >= 0.3 is 0 Å².